The maximum atomic E-state index is 12.7. The van der Waals surface area contributed by atoms with Crippen LogP contribution in [0.25, 0.3) is 0 Å². The van der Waals surface area contributed by atoms with Gasteiger partial charge in [-0.2, -0.15) is 0 Å². The third-order valence-electron chi connectivity index (χ3n) is 4.84. The lowest BCUT2D eigenvalue weighted by Crippen LogP contribution is -2.45. The summed E-state index contributed by atoms with van der Waals surface area (Å²) in [5.74, 6) is -1.03. The SMILES string of the molecule is CC(C)[C@H](NC(=O)c1ccc2c(c1)B(O)OC2)C(=O)O[C@H](C)c1ccccc1. The van der Waals surface area contributed by atoms with E-state index >= 15 is 0 Å². The van der Waals surface area contributed by atoms with Gasteiger partial charge in [0.2, 0.25) is 0 Å². The predicted molar refractivity (Wildman–Crippen MR) is 106 cm³/mol. The van der Waals surface area contributed by atoms with Gasteiger partial charge in [0.25, 0.3) is 5.91 Å². The maximum absolute atomic E-state index is 12.7. The van der Waals surface area contributed by atoms with Crippen molar-refractivity contribution in [1.82, 2.24) is 5.32 Å². The van der Waals surface area contributed by atoms with E-state index in [0.29, 0.717) is 17.6 Å². The van der Waals surface area contributed by atoms with Gasteiger partial charge in [0, 0.05) is 5.56 Å². The smallest absolute Gasteiger partial charge is 0.456 e. The largest absolute Gasteiger partial charge is 0.491 e. The van der Waals surface area contributed by atoms with Crippen molar-refractivity contribution in [3.05, 3.63) is 65.2 Å². The number of benzene rings is 2. The first-order valence-electron chi connectivity index (χ1n) is 9.35. The lowest BCUT2D eigenvalue weighted by molar-refractivity contribution is -0.152. The highest BCUT2D eigenvalue weighted by atomic mass is 16.5. The fourth-order valence-electron chi connectivity index (χ4n) is 3.12. The molecule has 2 aromatic carbocycles. The molecule has 2 N–H and O–H groups in total. The second-order valence-corrected chi connectivity index (χ2v) is 7.26. The fraction of sp³-hybridized carbons (Fsp3) is 0.333. The molecule has 1 amide bonds. The molecule has 0 bridgehead atoms. The van der Waals surface area contributed by atoms with E-state index in [1.807, 2.05) is 44.2 Å². The van der Waals surface area contributed by atoms with Crippen molar-refractivity contribution in [2.24, 2.45) is 5.92 Å². The second-order valence-electron chi connectivity index (χ2n) is 7.26. The van der Waals surface area contributed by atoms with E-state index in [4.69, 9.17) is 9.39 Å². The first-order valence-corrected chi connectivity index (χ1v) is 9.35. The van der Waals surface area contributed by atoms with Crippen LogP contribution in [0, 0.1) is 5.92 Å². The summed E-state index contributed by atoms with van der Waals surface area (Å²) in [6.45, 7) is 5.81. The van der Waals surface area contributed by atoms with E-state index in [1.54, 1.807) is 25.1 Å². The predicted octanol–water partition coefficient (Wildman–Crippen LogP) is 1.96. The molecule has 0 aromatic heterocycles. The first-order chi connectivity index (χ1) is 13.4. The van der Waals surface area contributed by atoms with Gasteiger partial charge in [-0.25, -0.2) is 4.79 Å². The molecule has 7 heteroatoms. The fourth-order valence-corrected chi connectivity index (χ4v) is 3.12. The quantitative estimate of drug-likeness (QED) is 0.590. The van der Waals surface area contributed by atoms with Crippen molar-refractivity contribution in [3.8, 4) is 0 Å². The Morgan fingerprint density at radius 2 is 1.86 bits per heavy atom. The summed E-state index contributed by atoms with van der Waals surface area (Å²) in [5.41, 5.74) is 2.67. The number of carbonyl (C=O) groups is 2. The highest BCUT2D eigenvalue weighted by Crippen LogP contribution is 2.18. The summed E-state index contributed by atoms with van der Waals surface area (Å²) in [6, 6.07) is 13.7. The molecule has 0 saturated carbocycles. The minimum atomic E-state index is -1.03. The van der Waals surface area contributed by atoms with Crippen molar-refractivity contribution in [3.63, 3.8) is 0 Å². The Labute approximate surface area is 165 Å². The Bertz CT molecular complexity index is 855. The zero-order valence-corrected chi connectivity index (χ0v) is 16.2. The summed E-state index contributed by atoms with van der Waals surface area (Å²) < 4.78 is 10.7. The van der Waals surface area contributed by atoms with Crippen molar-refractivity contribution >= 4 is 24.5 Å². The van der Waals surface area contributed by atoms with Crippen LogP contribution < -0.4 is 10.8 Å². The van der Waals surface area contributed by atoms with Crippen molar-refractivity contribution in [2.45, 2.75) is 39.5 Å². The molecule has 1 aliphatic rings. The average molecular weight is 381 g/mol. The lowest BCUT2D eigenvalue weighted by atomic mass is 9.78. The zero-order valence-electron chi connectivity index (χ0n) is 16.2. The van der Waals surface area contributed by atoms with Crippen LogP contribution in [0.3, 0.4) is 0 Å². The highest BCUT2D eigenvalue weighted by molar-refractivity contribution is 6.61. The van der Waals surface area contributed by atoms with E-state index in [-0.39, 0.29) is 5.92 Å². The molecule has 2 aromatic rings. The lowest BCUT2D eigenvalue weighted by Gasteiger charge is -2.23. The molecule has 0 aliphatic carbocycles. The number of ether oxygens (including phenoxy) is 1. The Morgan fingerprint density at radius 3 is 2.54 bits per heavy atom. The maximum Gasteiger partial charge on any atom is 0.491 e. The van der Waals surface area contributed by atoms with E-state index in [1.165, 1.54) is 0 Å². The number of hydrogen-bond donors (Lipinski definition) is 2. The third kappa shape index (κ3) is 4.43. The van der Waals surface area contributed by atoms with Gasteiger partial charge in [-0.15, -0.1) is 0 Å². The van der Waals surface area contributed by atoms with Gasteiger partial charge >= 0.3 is 13.1 Å². The van der Waals surface area contributed by atoms with Gasteiger partial charge in [0.05, 0.1) is 6.61 Å². The van der Waals surface area contributed by atoms with Crippen LogP contribution in [-0.2, 0) is 20.8 Å². The molecule has 0 fully saturated rings. The van der Waals surface area contributed by atoms with E-state index in [9.17, 15) is 14.6 Å². The molecule has 0 spiro atoms. The molecule has 0 saturated heterocycles. The van der Waals surface area contributed by atoms with Gasteiger partial charge in [0.1, 0.15) is 12.1 Å². The van der Waals surface area contributed by atoms with Gasteiger partial charge < -0.3 is 19.7 Å². The van der Waals surface area contributed by atoms with Crippen LogP contribution in [0.2, 0.25) is 0 Å². The molecule has 3 rings (SSSR count). The molecule has 1 heterocycles. The summed E-state index contributed by atoms with van der Waals surface area (Å²) in [5, 5.41) is 12.6. The molecular formula is C21H24BNO5. The summed E-state index contributed by atoms with van der Waals surface area (Å²) in [6.07, 6.45) is -0.417. The normalized spacial score (nSPS) is 15.1. The minimum Gasteiger partial charge on any atom is -0.456 e. The van der Waals surface area contributed by atoms with Crippen LogP contribution in [0.1, 0.15) is 48.4 Å². The Morgan fingerprint density at radius 1 is 1.14 bits per heavy atom. The molecule has 0 radical (unpaired) electrons. The monoisotopic (exact) mass is 381 g/mol. The van der Waals surface area contributed by atoms with Gasteiger partial charge in [-0.3, -0.25) is 4.79 Å². The van der Waals surface area contributed by atoms with E-state index in [2.05, 4.69) is 5.32 Å². The second kappa shape index (κ2) is 8.58. The Hall–Kier alpha value is -2.64. The average Bonchev–Trinajstić information content (AvgIpc) is 3.06. The molecule has 1 aliphatic heterocycles. The van der Waals surface area contributed by atoms with Crippen molar-refractivity contribution in [1.29, 1.82) is 0 Å². The summed E-state index contributed by atoms with van der Waals surface area (Å²) in [4.78, 5) is 25.4. The zero-order chi connectivity index (χ0) is 20.3. The minimum absolute atomic E-state index is 0.150. The van der Waals surface area contributed by atoms with Gasteiger partial charge in [-0.05, 0) is 41.6 Å². The van der Waals surface area contributed by atoms with Crippen molar-refractivity contribution < 1.29 is 24.0 Å². The van der Waals surface area contributed by atoms with Crippen LogP contribution >= 0.6 is 0 Å². The number of amides is 1. The topological polar surface area (TPSA) is 84.9 Å². The number of hydrogen-bond acceptors (Lipinski definition) is 5. The highest BCUT2D eigenvalue weighted by Gasteiger charge is 2.30. The molecule has 28 heavy (non-hydrogen) atoms. The van der Waals surface area contributed by atoms with Crippen molar-refractivity contribution in [2.75, 3.05) is 0 Å². The molecule has 2 atom stereocenters. The number of rotatable bonds is 6. The number of fused-ring (bicyclic) bond motifs is 1. The molecule has 146 valence electrons. The van der Waals surface area contributed by atoms with E-state index < -0.39 is 31.1 Å². The standard InChI is InChI=1S/C21H24BNO5/c1-13(2)19(21(25)28-14(3)15-7-5-4-6-8-15)23-20(24)16-9-10-17-12-27-22(26)18(17)11-16/h4-11,13-14,19,26H,12H2,1-3H3,(H,23,24)/t14-,19+/m1/s1. The Balaban J connectivity index is 1.69. The van der Waals surface area contributed by atoms with Crippen LogP contribution in [0.4, 0.5) is 0 Å². The van der Waals surface area contributed by atoms with E-state index in [0.717, 1.165) is 11.1 Å². The van der Waals surface area contributed by atoms with Crippen LogP contribution in [0.15, 0.2) is 48.5 Å². The molecule has 0 unspecified atom stereocenters. The van der Waals surface area contributed by atoms with Gasteiger partial charge in [0.15, 0.2) is 0 Å². The van der Waals surface area contributed by atoms with Crippen LogP contribution in [-0.4, -0.2) is 30.1 Å². The summed E-state index contributed by atoms with van der Waals surface area (Å²) in [7, 11) is -1.03. The third-order valence-corrected chi connectivity index (χ3v) is 4.84. The number of carbonyl (C=O) groups excluding carboxylic acids is 2. The first kappa shape index (κ1) is 20.1. The van der Waals surface area contributed by atoms with Crippen LogP contribution in [0.5, 0.6) is 0 Å². The molecule has 6 nitrogen and oxygen atoms in total. The number of esters is 1. The Kier molecular flexibility index (Phi) is 6.16. The molecular weight excluding hydrogens is 357 g/mol. The summed E-state index contributed by atoms with van der Waals surface area (Å²) >= 11 is 0. The number of nitrogens with one attached hydrogen (secondary N) is 1. The van der Waals surface area contributed by atoms with Gasteiger partial charge in [-0.1, -0.05) is 50.2 Å².